The molecule has 3 N–H and O–H groups in total. The van der Waals surface area contributed by atoms with Gasteiger partial charge in [0.25, 0.3) is 12.3 Å². The predicted octanol–water partition coefficient (Wildman–Crippen LogP) is -0.0388. The molecule has 0 radical (unpaired) electrons. The van der Waals surface area contributed by atoms with Gasteiger partial charge in [-0.25, -0.2) is 14.6 Å². The number of aromatic nitrogens is 2. The Morgan fingerprint density at radius 2 is 2.38 bits per heavy atom. The van der Waals surface area contributed by atoms with E-state index in [1.807, 2.05) is 0 Å². The summed E-state index contributed by atoms with van der Waals surface area (Å²) in [4.78, 5) is 10.9. The average molecular weight is 190 g/mol. The summed E-state index contributed by atoms with van der Waals surface area (Å²) in [5.41, 5.74) is 0.992. The maximum absolute atomic E-state index is 12.2. The molecule has 1 aromatic rings. The molecule has 0 aromatic carbocycles. The second-order valence-corrected chi connectivity index (χ2v) is 2.38. The minimum atomic E-state index is -2.78. The van der Waals surface area contributed by atoms with Crippen molar-refractivity contribution in [1.82, 2.24) is 15.2 Å². The van der Waals surface area contributed by atoms with E-state index >= 15 is 0 Å². The molecule has 1 heterocycles. The Morgan fingerprint density at radius 3 is 2.85 bits per heavy atom. The van der Waals surface area contributed by atoms with Gasteiger partial charge in [0.2, 0.25) is 0 Å². The van der Waals surface area contributed by atoms with Crippen molar-refractivity contribution in [2.75, 3.05) is 0 Å². The number of hydrazine groups is 1. The van der Waals surface area contributed by atoms with Crippen LogP contribution in [0.2, 0.25) is 0 Å². The number of carbonyl (C=O) groups is 1. The SMILES string of the molecule is Cn1cc(C(=O)NN)c(C(F)F)n1. The minimum Gasteiger partial charge on any atom is -0.290 e. The topological polar surface area (TPSA) is 72.9 Å². The molecule has 1 aromatic heterocycles. The highest BCUT2D eigenvalue weighted by molar-refractivity contribution is 5.94. The fourth-order valence-electron chi connectivity index (χ4n) is 0.920. The van der Waals surface area contributed by atoms with E-state index in [2.05, 4.69) is 5.10 Å². The molecule has 1 amide bonds. The zero-order valence-corrected chi connectivity index (χ0v) is 6.79. The van der Waals surface area contributed by atoms with Gasteiger partial charge in [-0.3, -0.25) is 14.9 Å². The van der Waals surface area contributed by atoms with E-state index in [1.54, 1.807) is 5.43 Å². The number of carbonyl (C=O) groups excluding carboxylic acids is 1. The van der Waals surface area contributed by atoms with Crippen LogP contribution in [0.25, 0.3) is 0 Å². The lowest BCUT2D eigenvalue weighted by Crippen LogP contribution is -2.30. The Hall–Kier alpha value is -1.50. The van der Waals surface area contributed by atoms with E-state index < -0.39 is 18.0 Å². The molecule has 0 aliphatic carbocycles. The average Bonchev–Trinajstić information content (AvgIpc) is 2.46. The van der Waals surface area contributed by atoms with E-state index in [0.29, 0.717) is 0 Å². The highest BCUT2D eigenvalue weighted by Crippen LogP contribution is 2.20. The molecule has 7 heteroatoms. The number of nitrogen functional groups attached to an aromatic ring is 1. The van der Waals surface area contributed by atoms with Gasteiger partial charge in [-0.1, -0.05) is 0 Å². The smallest absolute Gasteiger partial charge is 0.282 e. The standard InChI is InChI=1S/C6H8F2N4O/c1-12-2-3(6(13)10-9)4(11-12)5(7)8/h2,5H,9H2,1H3,(H,10,13). The summed E-state index contributed by atoms with van der Waals surface area (Å²) >= 11 is 0. The van der Waals surface area contributed by atoms with Crippen molar-refractivity contribution >= 4 is 5.91 Å². The van der Waals surface area contributed by atoms with Crippen LogP contribution in [0.15, 0.2) is 6.20 Å². The Bertz CT molecular complexity index is 322. The van der Waals surface area contributed by atoms with Crippen molar-refractivity contribution in [1.29, 1.82) is 0 Å². The summed E-state index contributed by atoms with van der Waals surface area (Å²) in [5.74, 6) is 4.03. The number of hydrogen-bond donors (Lipinski definition) is 2. The normalized spacial score (nSPS) is 10.5. The van der Waals surface area contributed by atoms with Crippen LogP contribution in [0, 0.1) is 0 Å². The molecule has 0 fully saturated rings. The quantitative estimate of drug-likeness (QED) is 0.390. The summed E-state index contributed by atoms with van der Waals surface area (Å²) in [6, 6.07) is 0. The van der Waals surface area contributed by atoms with Crippen LogP contribution in [0.3, 0.4) is 0 Å². The molecule has 0 spiro atoms. The summed E-state index contributed by atoms with van der Waals surface area (Å²) < 4.78 is 25.6. The molecule has 0 saturated heterocycles. The molecule has 0 unspecified atom stereocenters. The van der Waals surface area contributed by atoms with Gasteiger partial charge in [0.15, 0.2) is 0 Å². The van der Waals surface area contributed by atoms with Crippen molar-refractivity contribution in [3.63, 3.8) is 0 Å². The van der Waals surface area contributed by atoms with E-state index in [1.165, 1.54) is 13.2 Å². The summed E-state index contributed by atoms with van der Waals surface area (Å²) in [7, 11) is 1.44. The third kappa shape index (κ3) is 1.81. The van der Waals surface area contributed by atoms with Crippen LogP contribution in [-0.2, 0) is 7.05 Å². The molecular weight excluding hydrogens is 182 g/mol. The molecule has 13 heavy (non-hydrogen) atoms. The first-order valence-corrected chi connectivity index (χ1v) is 3.39. The molecule has 0 atom stereocenters. The Balaban J connectivity index is 3.11. The van der Waals surface area contributed by atoms with Crippen molar-refractivity contribution < 1.29 is 13.6 Å². The van der Waals surface area contributed by atoms with Gasteiger partial charge in [-0.15, -0.1) is 0 Å². The third-order valence-corrected chi connectivity index (χ3v) is 1.44. The Labute approximate surface area is 72.5 Å². The molecule has 1 rings (SSSR count). The lowest BCUT2D eigenvalue weighted by molar-refractivity contribution is 0.0939. The van der Waals surface area contributed by atoms with Crippen LogP contribution < -0.4 is 11.3 Å². The van der Waals surface area contributed by atoms with Crippen LogP contribution in [0.1, 0.15) is 22.5 Å². The maximum Gasteiger partial charge on any atom is 0.282 e. The molecular formula is C6H8F2N4O. The van der Waals surface area contributed by atoms with Gasteiger partial charge >= 0.3 is 0 Å². The zero-order valence-electron chi connectivity index (χ0n) is 6.79. The highest BCUT2D eigenvalue weighted by atomic mass is 19.3. The second kappa shape index (κ2) is 3.48. The van der Waals surface area contributed by atoms with Crippen molar-refractivity contribution in [3.05, 3.63) is 17.5 Å². The van der Waals surface area contributed by atoms with E-state index in [4.69, 9.17) is 5.84 Å². The van der Waals surface area contributed by atoms with Gasteiger partial charge in [0, 0.05) is 13.2 Å². The molecule has 0 aliphatic heterocycles. The predicted molar refractivity (Wildman–Crippen MR) is 39.8 cm³/mol. The van der Waals surface area contributed by atoms with Crippen molar-refractivity contribution in [2.45, 2.75) is 6.43 Å². The lowest BCUT2D eigenvalue weighted by Gasteiger charge is -1.97. The van der Waals surface area contributed by atoms with Gasteiger partial charge in [0.1, 0.15) is 5.69 Å². The molecule has 0 saturated carbocycles. The van der Waals surface area contributed by atoms with Crippen molar-refractivity contribution in [3.8, 4) is 0 Å². The number of nitrogens with one attached hydrogen (secondary N) is 1. The van der Waals surface area contributed by atoms with Gasteiger partial charge in [-0.05, 0) is 0 Å². The number of rotatable bonds is 2. The third-order valence-electron chi connectivity index (χ3n) is 1.44. The first-order chi connectivity index (χ1) is 6.06. The second-order valence-electron chi connectivity index (χ2n) is 2.38. The molecule has 72 valence electrons. The van der Waals surface area contributed by atoms with E-state index in [9.17, 15) is 13.6 Å². The Morgan fingerprint density at radius 1 is 1.77 bits per heavy atom. The first-order valence-electron chi connectivity index (χ1n) is 3.39. The fraction of sp³-hybridized carbons (Fsp3) is 0.333. The van der Waals surface area contributed by atoms with Crippen LogP contribution in [0.5, 0.6) is 0 Å². The molecule has 5 nitrogen and oxygen atoms in total. The number of aryl methyl sites for hydroxylation is 1. The number of hydrogen-bond acceptors (Lipinski definition) is 3. The van der Waals surface area contributed by atoms with Crippen LogP contribution in [-0.4, -0.2) is 15.7 Å². The molecule has 0 bridgehead atoms. The minimum absolute atomic E-state index is 0.208. The monoisotopic (exact) mass is 190 g/mol. The summed E-state index contributed by atoms with van der Waals surface area (Å²) in [6.45, 7) is 0. The van der Waals surface area contributed by atoms with Gasteiger partial charge in [-0.2, -0.15) is 5.10 Å². The number of amides is 1. The molecule has 0 aliphatic rings. The van der Waals surface area contributed by atoms with Crippen LogP contribution in [0.4, 0.5) is 8.78 Å². The maximum atomic E-state index is 12.2. The lowest BCUT2D eigenvalue weighted by atomic mass is 10.2. The summed E-state index contributed by atoms with van der Waals surface area (Å²) in [5, 5.41) is 3.43. The highest BCUT2D eigenvalue weighted by Gasteiger charge is 2.21. The number of nitrogens with zero attached hydrogens (tertiary/aromatic N) is 2. The largest absolute Gasteiger partial charge is 0.290 e. The first kappa shape index (κ1) is 9.59. The zero-order chi connectivity index (χ0) is 10.0. The van der Waals surface area contributed by atoms with E-state index in [0.717, 1.165) is 4.68 Å². The van der Waals surface area contributed by atoms with Gasteiger partial charge in [0.05, 0.1) is 5.56 Å². The van der Waals surface area contributed by atoms with Crippen LogP contribution >= 0.6 is 0 Å². The number of halogens is 2. The van der Waals surface area contributed by atoms with E-state index in [-0.39, 0.29) is 5.56 Å². The van der Waals surface area contributed by atoms with Crippen molar-refractivity contribution in [2.24, 2.45) is 12.9 Å². The summed E-state index contributed by atoms with van der Waals surface area (Å²) in [6.07, 6.45) is -1.60. The number of nitrogens with two attached hydrogens (primary N) is 1. The van der Waals surface area contributed by atoms with Gasteiger partial charge < -0.3 is 0 Å². The number of alkyl halides is 2. The fourth-order valence-corrected chi connectivity index (χ4v) is 0.920. The Kier molecular flexibility index (Phi) is 2.57.